The van der Waals surface area contributed by atoms with Gasteiger partial charge in [0, 0.05) is 43.3 Å². The molecule has 0 aliphatic heterocycles. The van der Waals surface area contributed by atoms with E-state index in [0.29, 0.717) is 5.95 Å². The highest BCUT2D eigenvalue weighted by Crippen LogP contribution is 2.47. The summed E-state index contributed by atoms with van der Waals surface area (Å²) >= 11 is 0. The first-order valence-corrected chi connectivity index (χ1v) is 19.2. The van der Waals surface area contributed by atoms with E-state index in [0.717, 1.165) is 38.6 Å². The first-order chi connectivity index (χ1) is 27.8. The normalized spacial score (nSPS) is 12.3. The van der Waals surface area contributed by atoms with Crippen LogP contribution in [0.1, 0.15) is 0 Å². The van der Waals surface area contributed by atoms with Gasteiger partial charge in [-0.1, -0.05) is 146 Å². The summed E-state index contributed by atoms with van der Waals surface area (Å²) in [6.45, 7) is 0. The van der Waals surface area contributed by atoms with Crippen LogP contribution in [-0.4, -0.2) is 18.9 Å². The van der Waals surface area contributed by atoms with E-state index >= 15 is 0 Å². The summed E-state index contributed by atoms with van der Waals surface area (Å²) in [6, 6.07) is 65.7. The van der Waals surface area contributed by atoms with Crippen LogP contribution in [-0.2, 0) is 0 Å². The van der Waals surface area contributed by atoms with Crippen LogP contribution < -0.4 is 0 Å². The van der Waals surface area contributed by atoms with Crippen LogP contribution in [0.3, 0.4) is 0 Å². The smallest absolute Gasteiger partial charge is 0.235 e. The maximum Gasteiger partial charge on any atom is 0.235 e. The third-order valence-corrected chi connectivity index (χ3v) is 12.0. The molecule has 56 heavy (non-hydrogen) atoms. The molecule has 0 unspecified atom stereocenters. The van der Waals surface area contributed by atoms with Gasteiger partial charge >= 0.3 is 0 Å². The molecule has 0 radical (unpaired) electrons. The van der Waals surface area contributed by atoms with Crippen LogP contribution in [0.5, 0.6) is 0 Å². The summed E-state index contributed by atoms with van der Waals surface area (Å²) in [5, 5.41) is 13.3. The van der Waals surface area contributed by atoms with Crippen LogP contribution in [0, 0.1) is 0 Å². The molecule has 13 rings (SSSR count). The molecular formula is C52H30N4. The summed E-state index contributed by atoms with van der Waals surface area (Å²) in [6.07, 6.45) is 0. The van der Waals surface area contributed by atoms with Gasteiger partial charge in [0.05, 0.1) is 38.8 Å². The van der Waals surface area contributed by atoms with Gasteiger partial charge in [-0.3, -0.25) is 4.57 Å². The van der Waals surface area contributed by atoms with Crippen LogP contribution in [0.2, 0.25) is 0 Å². The van der Waals surface area contributed by atoms with Crippen LogP contribution in [0.4, 0.5) is 0 Å². The lowest BCUT2D eigenvalue weighted by molar-refractivity contribution is 1.02. The second-order valence-electron chi connectivity index (χ2n) is 15.0. The molecular weight excluding hydrogens is 681 g/mol. The topological polar surface area (TPSA) is 35.1 Å². The molecule has 258 valence electrons. The molecule has 0 saturated carbocycles. The van der Waals surface area contributed by atoms with Gasteiger partial charge in [0.25, 0.3) is 0 Å². The Morgan fingerprint density at radius 2 is 0.964 bits per heavy atom. The number of para-hydroxylation sites is 2. The number of fused-ring (bicyclic) bond motifs is 14. The van der Waals surface area contributed by atoms with Crippen molar-refractivity contribution in [2.24, 2.45) is 0 Å². The van der Waals surface area contributed by atoms with Crippen molar-refractivity contribution in [1.29, 1.82) is 0 Å². The van der Waals surface area contributed by atoms with Gasteiger partial charge in [0.15, 0.2) is 0 Å². The van der Waals surface area contributed by atoms with E-state index in [1.54, 1.807) is 0 Å². The molecule has 0 spiro atoms. The zero-order valence-electron chi connectivity index (χ0n) is 30.1. The minimum absolute atomic E-state index is 0.660. The number of hydrogen-bond acceptors (Lipinski definition) is 2. The van der Waals surface area contributed by atoms with Gasteiger partial charge in [0.2, 0.25) is 5.95 Å². The fraction of sp³-hybridized carbons (Fsp3) is 0. The summed E-state index contributed by atoms with van der Waals surface area (Å²) in [5.41, 5.74) is 11.2. The van der Waals surface area contributed by atoms with Crippen molar-refractivity contribution in [3.05, 3.63) is 182 Å². The zero-order chi connectivity index (χ0) is 36.5. The molecule has 4 aromatic heterocycles. The number of nitrogens with zero attached hydrogens (tertiary/aromatic N) is 4. The monoisotopic (exact) mass is 710 g/mol. The molecule has 0 saturated heterocycles. The fourth-order valence-electron chi connectivity index (χ4n) is 9.56. The van der Waals surface area contributed by atoms with Crippen molar-refractivity contribution < 1.29 is 0 Å². The Balaban J connectivity index is 1.18. The lowest BCUT2D eigenvalue weighted by Gasteiger charge is -2.14. The SMILES string of the molecule is c1ccc(-c2ccc(-c3nc(-n4c5ccccc5c5c6c7ccccc7n7c8cc9ccccc9cc8c(cc54)c67)nc4ccc5ccccc5c34)cc2)cc1. The molecule has 0 atom stereocenters. The van der Waals surface area contributed by atoms with Crippen molar-refractivity contribution in [3.8, 4) is 28.3 Å². The first-order valence-electron chi connectivity index (χ1n) is 19.2. The molecule has 0 bridgehead atoms. The Hall–Kier alpha value is -7.56. The molecule has 0 N–H and O–H groups in total. The molecule has 13 aromatic rings. The van der Waals surface area contributed by atoms with E-state index in [-0.39, 0.29) is 0 Å². The first kappa shape index (κ1) is 29.8. The third kappa shape index (κ3) is 3.97. The predicted octanol–water partition coefficient (Wildman–Crippen LogP) is 13.5. The number of rotatable bonds is 3. The Bertz CT molecular complexity index is 3740. The van der Waals surface area contributed by atoms with Crippen LogP contribution in [0.25, 0.3) is 121 Å². The standard InChI is InChI=1S/C52H30N4/c1-2-12-31(13-3-1)32-22-24-34(25-23-32)50-47-37-17-7-6-14-33(37)26-27-42(47)53-52(54-50)56-44-21-11-8-18-38(44)48-46(56)30-41-40-28-35-15-4-5-16-36(35)29-45(40)55-43-20-10-9-19-39(43)49(48)51(41)55/h1-30H. The zero-order valence-corrected chi connectivity index (χ0v) is 30.1. The summed E-state index contributed by atoms with van der Waals surface area (Å²) in [4.78, 5) is 11.0. The van der Waals surface area contributed by atoms with Crippen molar-refractivity contribution >= 4 is 92.3 Å². The molecule has 0 aliphatic rings. The summed E-state index contributed by atoms with van der Waals surface area (Å²) in [5.74, 6) is 0.660. The molecule has 0 aliphatic carbocycles. The highest BCUT2D eigenvalue weighted by molar-refractivity contribution is 6.36. The number of benzene rings is 9. The van der Waals surface area contributed by atoms with Crippen LogP contribution in [0.15, 0.2) is 182 Å². The summed E-state index contributed by atoms with van der Waals surface area (Å²) < 4.78 is 4.80. The minimum Gasteiger partial charge on any atom is -0.308 e. The van der Waals surface area contributed by atoms with E-state index < -0.39 is 0 Å². The largest absolute Gasteiger partial charge is 0.308 e. The number of hydrogen-bond donors (Lipinski definition) is 0. The van der Waals surface area contributed by atoms with E-state index in [1.807, 2.05) is 0 Å². The minimum atomic E-state index is 0.660. The molecule has 4 heterocycles. The molecule has 4 nitrogen and oxygen atoms in total. The van der Waals surface area contributed by atoms with E-state index in [9.17, 15) is 0 Å². The Morgan fingerprint density at radius 3 is 1.77 bits per heavy atom. The van der Waals surface area contributed by atoms with E-state index in [2.05, 4.69) is 191 Å². The van der Waals surface area contributed by atoms with Crippen molar-refractivity contribution in [2.45, 2.75) is 0 Å². The highest BCUT2D eigenvalue weighted by Gasteiger charge is 2.25. The van der Waals surface area contributed by atoms with Crippen LogP contribution >= 0.6 is 0 Å². The van der Waals surface area contributed by atoms with Crippen molar-refractivity contribution in [3.63, 3.8) is 0 Å². The Morgan fingerprint density at radius 1 is 0.339 bits per heavy atom. The Labute approximate surface area is 320 Å². The maximum absolute atomic E-state index is 5.60. The molecule has 9 aromatic carbocycles. The Kier molecular flexibility index (Phi) is 5.86. The van der Waals surface area contributed by atoms with Gasteiger partial charge in [-0.25, -0.2) is 9.97 Å². The van der Waals surface area contributed by atoms with Crippen molar-refractivity contribution in [1.82, 2.24) is 18.9 Å². The average Bonchev–Trinajstić information content (AvgIpc) is 3.89. The van der Waals surface area contributed by atoms with Gasteiger partial charge in [-0.05, 0) is 69.1 Å². The third-order valence-electron chi connectivity index (χ3n) is 12.0. The lowest BCUT2D eigenvalue weighted by atomic mass is 9.98. The van der Waals surface area contributed by atoms with E-state index in [4.69, 9.17) is 9.97 Å². The molecule has 4 heteroatoms. The lowest BCUT2D eigenvalue weighted by Crippen LogP contribution is -2.03. The maximum atomic E-state index is 5.60. The van der Waals surface area contributed by atoms with Gasteiger partial charge in [-0.15, -0.1) is 0 Å². The van der Waals surface area contributed by atoms with Crippen molar-refractivity contribution in [2.75, 3.05) is 0 Å². The quantitative estimate of drug-likeness (QED) is 0.171. The molecule has 0 fully saturated rings. The summed E-state index contributed by atoms with van der Waals surface area (Å²) in [7, 11) is 0. The van der Waals surface area contributed by atoms with Gasteiger partial charge < -0.3 is 4.40 Å². The fourth-order valence-corrected chi connectivity index (χ4v) is 9.56. The van der Waals surface area contributed by atoms with Gasteiger partial charge in [0.1, 0.15) is 0 Å². The van der Waals surface area contributed by atoms with Gasteiger partial charge in [-0.2, -0.15) is 0 Å². The molecule has 0 amide bonds. The number of aromatic nitrogens is 4. The predicted molar refractivity (Wildman–Crippen MR) is 234 cm³/mol. The highest BCUT2D eigenvalue weighted by atomic mass is 15.2. The average molecular weight is 711 g/mol. The second kappa shape index (κ2) is 11.0. The second-order valence-corrected chi connectivity index (χ2v) is 15.0. The van der Waals surface area contributed by atoms with E-state index in [1.165, 1.54) is 76.2 Å².